The number of hydrogen-bond donors (Lipinski definition) is 0. The molecule has 1 rings (SSSR count). The fourth-order valence-corrected chi connectivity index (χ4v) is 1.71. The Morgan fingerprint density at radius 1 is 1.50 bits per heavy atom. The summed E-state index contributed by atoms with van der Waals surface area (Å²) in [4.78, 5) is 12.9. The quantitative estimate of drug-likeness (QED) is 0.767. The molecule has 0 spiro atoms. The molecule has 0 radical (unpaired) electrons. The smallest absolute Gasteiger partial charge is 0.331 e. The minimum absolute atomic E-state index is 0.0494. The Morgan fingerprint density at radius 3 is 2.61 bits per heavy atom. The van der Waals surface area contributed by atoms with Crippen LogP contribution in [0.15, 0.2) is 22.7 Å². The molecule has 6 heteroatoms. The zero-order chi connectivity index (χ0) is 13.9. The number of carbonyl (C=O) groups excluding carboxylic acids is 1. The molecule has 0 N–H and O–H groups in total. The van der Waals surface area contributed by atoms with Gasteiger partial charge in [0.15, 0.2) is 0 Å². The van der Waals surface area contributed by atoms with Gasteiger partial charge in [0.1, 0.15) is 0 Å². The molecule has 0 unspecified atom stereocenters. The zero-order valence-electron chi connectivity index (χ0n) is 9.38. The number of halogens is 4. The number of carbonyl (C=O) groups is 1. The van der Waals surface area contributed by atoms with Crippen molar-refractivity contribution in [1.82, 2.24) is 4.90 Å². The Kier molecular flexibility index (Phi) is 4.41. The molecular weight excluding hydrogens is 311 g/mol. The highest BCUT2D eigenvalue weighted by Crippen LogP contribution is 2.34. The molecule has 1 aromatic rings. The van der Waals surface area contributed by atoms with Gasteiger partial charge in [0, 0.05) is 11.5 Å². The van der Waals surface area contributed by atoms with Gasteiger partial charge in [0.25, 0.3) is 5.91 Å². The van der Waals surface area contributed by atoms with Crippen molar-refractivity contribution in [2.45, 2.75) is 6.18 Å². The highest BCUT2D eigenvalue weighted by atomic mass is 79.9. The van der Waals surface area contributed by atoms with E-state index in [1.165, 1.54) is 13.1 Å². The van der Waals surface area contributed by atoms with E-state index in [1.807, 2.05) is 0 Å². The van der Waals surface area contributed by atoms with Crippen LogP contribution >= 0.6 is 15.9 Å². The van der Waals surface area contributed by atoms with E-state index in [0.29, 0.717) is 0 Å². The van der Waals surface area contributed by atoms with Crippen LogP contribution in [-0.4, -0.2) is 24.4 Å². The van der Waals surface area contributed by atoms with E-state index in [1.54, 1.807) is 0 Å². The molecule has 96 valence electrons. The predicted octanol–water partition coefficient (Wildman–Crippen LogP) is 3.17. The third-order valence-corrected chi connectivity index (χ3v) is 2.69. The fourth-order valence-electron chi connectivity index (χ4n) is 1.35. The molecule has 0 aliphatic rings. The van der Waals surface area contributed by atoms with Crippen molar-refractivity contribution >= 4 is 21.8 Å². The topological polar surface area (TPSA) is 20.3 Å². The van der Waals surface area contributed by atoms with Gasteiger partial charge in [0.05, 0.1) is 17.7 Å². The normalized spacial score (nSPS) is 10.9. The van der Waals surface area contributed by atoms with Crippen molar-refractivity contribution in [1.29, 1.82) is 0 Å². The Bertz CT molecular complexity index is 505. The van der Waals surface area contributed by atoms with Gasteiger partial charge in [-0.2, -0.15) is 13.2 Å². The van der Waals surface area contributed by atoms with Gasteiger partial charge < -0.3 is 4.90 Å². The summed E-state index contributed by atoms with van der Waals surface area (Å²) in [5.74, 6) is 1.45. The standard InChI is InChI=1S/C12H9BrF3NO/c1-3-6-17(2)11(18)9-5-4-8(13)7-10(9)12(14,15)16/h1,4-5,7H,6H2,2H3. The second-order valence-corrected chi connectivity index (χ2v) is 4.47. The van der Waals surface area contributed by atoms with E-state index >= 15 is 0 Å². The molecular formula is C12H9BrF3NO. The molecule has 2 nitrogen and oxygen atoms in total. The van der Waals surface area contributed by atoms with E-state index in [2.05, 4.69) is 21.9 Å². The van der Waals surface area contributed by atoms with Crippen LogP contribution in [0.4, 0.5) is 13.2 Å². The minimum atomic E-state index is -4.59. The molecule has 0 atom stereocenters. The Labute approximate surface area is 111 Å². The SMILES string of the molecule is C#CCN(C)C(=O)c1ccc(Br)cc1C(F)(F)F. The van der Waals surface area contributed by atoms with Gasteiger partial charge in [-0.25, -0.2) is 0 Å². The molecule has 0 aromatic heterocycles. The average molecular weight is 320 g/mol. The van der Waals surface area contributed by atoms with Gasteiger partial charge in [-0.3, -0.25) is 4.79 Å². The van der Waals surface area contributed by atoms with E-state index < -0.39 is 23.2 Å². The first kappa shape index (κ1) is 14.6. The second kappa shape index (κ2) is 5.44. The monoisotopic (exact) mass is 319 g/mol. The largest absolute Gasteiger partial charge is 0.417 e. The molecule has 0 aliphatic carbocycles. The lowest BCUT2D eigenvalue weighted by Gasteiger charge is -2.18. The Morgan fingerprint density at radius 2 is 2.11 bits per heavy atom. The van der Waals surface area contributed by atoms with Gasteiger partial charge in [-0.15, -0.1) is 6.42 Å². The van der Waals surface area contributed by atoms with E-state index in [0.717, 1.165) is 17.0 Å². The van der Waals surface area contributed by atoms with Crippen LogP contribution < -0.4 is 0 Å². The summed E-state index contributed by atoms with van der Waals surface area (Å²) in [5, 5.41) is 0. The highest BCUT2D eigenvalue weighted by Gasteiger charge is 2.35. The van der Waals surface area contributed by atoms with Crippen LogP contribution in [-0.2, 0) is 6.18 Å². The molecule has 0 heterocycles. The highest BCUT2D eigenvalue weighted by molar-refractivity contribution is 9.10. The fraction of sp³-hybridized carbons (Fsp3) is 0.250. The van der Waals surface area contributed by atoms with Gasteiger partial charge in [-0.1, -0.05) is 21.9 Å². The zero-order valence-corrected chi connectivity index (χ0v) is 11.0. The number of terminal acetylenes is 1. The van der Waals surface area contributed by atoms with Crippen molar-refractivity contribution in [2.75, 3.05) is 13.6 Å². The molecule has 0 saturated heterocycles. The van der Waals surface area contributed by atoms with Crippen LogP contribution in [0.25, 0.3) is 0 Å². The lowest BCUT2D eigenvalue weighted by atomic mass is 10.1. The van der Waals surface area contributed by atoms with Crippen LogP contribution in [0.1, 0.15) is 15.9 Å². The third kappa shape index (κ3) is 3.26. The number of hydrogen-bond acceptors (Lipinski definition) is 1. The lowest BCUT2D eigenvalue weighted by molar-refractivity contribution is -0.138. The number of benzene rings is 1. The van der Waals surface area contributed by atoms with E-state index in [9.17, 15) is 18.0 Å². The van der Waals surface area contributed by atoms with Gasteiger partial charge in [-0.05, 0) is 18.2 Å². The summed E-state index contributed by atoms with van der Waals surface area (Å²) in [6, 6.07) is 3.38. The summed E-state index contributed by atoms with van der Waals surface area (Å²) in [6.45, 7) is -0.0494. The van der Waals surface area contributed by atoms with Crippen molar-refractivity contribution in [3.05, 3.63) is 33.8 Å². The first-order valence-corrected chi connectivity index (χ1v) is 5.62. The average Bonchev–Trinajstić information content (AvgIpc) is 2.27. The molecule has 18 heavy (non-hydrogen) atoms. The number of nitrogens with zero attached hydrogens (tertiary/aromatic N) is 1. The van der Waals surface area contributed by atoms with Crippen LogP contribution in [0.2, 0.25) is 0 Å². The molecule has 1 amide bonds. The summed E-state index contributed by atoms with van der Waals surface area (Å²) in [5.41, 5.74) is -1.39. The second-order valence-electron chi connectivity index (χ2n) is 3.55. The molecule has 0 fully saturated rings. The first-order chi connectivity index (χ1) is 8.27. The lowest BCUT2D eigenvalue weighted by Crippen LogP contribution is -2.29. The van der Waals surface area contributed by atoms with Crippen LogP contribution in [0.3, 0.4) is 0 Å². The maximum atomic E-state index is 12.8. The number of rotatable bonds is 2. The van der Waals surface area contributed by atoms with Crippen molar-refractivity contribution < 1.29 is 18.0 Å². The summed E-state index contributed by atoms with van der Waals surface area (Å²) in [7, 11) is 1.35. The molecule has 1 aromatic carbocycles. The third-order valence-electron chi connectivity index (χ3n) is 2.19. The number of alkyl halides is 3. The van der Waals surface area contributed by atoms with Crippen LogP contribution in [0, 0.1) is 12.3 Å². The van der Waals surface area contributed by atoms with Gasteiger partial charge >= 0.3 is 6.18 Å². The minimum Gasteiger partial charge on any atom is -0.331 e. The first-order valence-electron chi connectivity index (χ1n) is 4.83. The van der Waals surface area contributed by atoms with Crippen molar-refractivity contribution in [3.8, 4) is 12.3 Å². The van der Waals surface area contributed by atoms with Crippen LogP contribution in [0.5, 0.6) is 0 Å². The Hall–Kier alpha value is -1.48. The van der Waals surface area contributed by atoms with E-state index in [4.69, 9.17) is 6.42 Å². The Balaban J connectivity index is 3.25. The maximum absolute atomic E-state index is 12.8. The molecule has 0 bridgehead atoms. The molecule has 0 aliphatic heterocycles. The van der Waals surface area contributed by atoms with Crippen molar-refractivity contribution in [2.24, 2.45) is 0 Å². The predicted molar refractivity (Wildman–Crippen MR) is 64.9 cm³/mol. The summed E-state index contributed by atoms with van der Waals surface area (Å²) >= 11 is 2.95. The van der Waals surface area contributed by atoms with Crippen molar-refractivity contribution in [3.63, 3.8) is 0 Å². The van der Waals surface area contributed by atoms with Gasteiger partial charge in [0.2, 0.25) is 0 Å². The van der Waals surface area contributed by atoms with E-state index in [-0.39, 0.29) is 11.0 Å². The number of amides is 1. The summed E-state index contributed by atoms with van der Waals surface area (Å²) in [6.07, 6.45) is 0.428. The molecule has 0 saturated carbocycles. The maximum Gasteiger partial charge on any atom is 0.417 e. The summed E-state index contributed by atoms with van der Waals surface area (Å²) < 4.78 is 38.7.